The Morgan fingerprint density at radius 2 is 2.08 bits per heavy atom. The van der Waals surface area contributed by atoms with E-state index in [9.17, 15) is 4.79 Å². The van der Waals surface area contributed by atoms with Gasteiger partial charge in [-0.15, -0.1) is 0 Å². The minimum atomic E-state index is -0.315. The lowest BCUT2D eigenvalue weighted by atomic mass is 9.94. The number of piperidine rings is 1. The summed E-state index contributed by atoms with van der Waals surface area (Å²) in [5.74, 6) is 0.679. The number of rotatable bonds is 4. The van der Waals surface area contributed by atoms with Gasteiger partial charge < -0.3 is 5.32 Å². The predicted octanol–water partition coefficient (Wildman–Crippen LogP) is 3.61. The summed E-state index contributed by atoms with van der Waals surface area (Å²) in [6.45, 7) is 9.79. The van der Waals surface area contributed by atoms with Crippen LogP contribution < -0.4 is 5.32 Å². The molecule has 1 saturated heterocycles. The first kappa shape index (κ1) is 17.9. The van der Waals surface area contributed by atoms with E-state index in [1.54, 1.807) is 0 Å². The highest BCUT2D eigenvalue weighted by atomic mass is 16.2. The molecule has 1 aromatic heterocycles. The van der Waals surface area contributed by atoms with E-state index in [2.05, 4.69) is 39.5 Å². The fourth-order valence-corrected chi connectivity index (χ4v) is 3.50. The Hall–Kier alpha value is -1.94. The Morgan fingerprint density at radius 1 is 1.28 bits per heavy atom. The van der Waals surface area contributed by atoms with Gasteiger partial charge in [0.2, 0.25) is 5.91 Å². The largest absolute Gasteiger partial charge is 0.355 e. The van der Waals surface area contributed by atoms with E-state index >= 15 is 0 Å². The average molecular weight is 339 g/mol. The molecule has 1 amide bonds. The summed E-state index contributed by atoms with van der Waals surface area (Å²) in [6.07, 6.45) is 4.29. The molecule has 2 heterocycles. The zero-order chi connectivity index (χ0) is 17.9. The van der Waals surface area contributed by atoms with Crippen molar-refractivity contribution in [3.8, 4) is 0 Å². The van der Waals surface area contributed by atoms with Crippen LogP contribution in [0.3, 0.4) is 0 Å². The van der Waals surface area contributed by atoms with Crippen molar-refractivity contribution in [1.82, 2.24) is 15.2 Å². The lowest BCUT2D eigenvalue weighted by Crippen LogP contribution is -2.43. The van der Waals surface area contributed by atoms with E-state index in [1.807, 2.05) is 33.0 Å². The number of benzene rings is 1. The van der Waals surface area contributed by atoms with Crippen LogP contribution >= 0.6 is 0 Å². The smallest absolute Gasteiger partial charge is 0.225 e. The van der Waals surface area contributed by atoms with Crippen LogP contribution in [0.25, 0.3) is 10.9 Å². The molecule has 4 heteroatoms. The topological polar surface area (TPSA) is 45.2 Å². The van der Waals surface area contributed by atoms with Gasteiger partial charge >= 0.3 is 0 Å². The lowest BCUT2D eigenvalue weighted by molar-refractivity contribution is -0.128. The van der Waals surface area contributed by atoms with Gasteiger partial charge in [0.05, 0.1) is 5.52 Å². The van der Waals surface area contributed by atoms with Gasteiger partial charge in [0.1, 0.15) is 0 Å². The molecule has 0 radical (unpaired) electrons. The summed E-state index contributed by atoms with van der Waals surface area (Å²) in [5, 5.41) is 4.37. The zero-order valence-corrected chi connectivity index (χ0v) is 15.6. The maximum Gasteiger partial charge on any atom is 0.225 e. The number of carbonyl (C=O) groups excluding carboxylic acids is 1. The number of fused-ring (bicyclic) bond motifs is 1. The van der Waals surface area contributed by atoms with Gasteiger partial charge in [0.15, 0.2) is 0 Å². The van der Waals surface area contributed by atoms with Crippen molar-refractivity contribution in [2.75, 3.05) is 19.6 Å². The van der Waals surface area contributed by atoms with E-state index in [0.29, 0.717) is 5.92 Å². The van der Waals surface area contributed by atoms with Gasteiger partial charge in [-0.1, -0.05) is 39.0 Å². The Morgan fingerprint density at radius 3 is 2.88 bits per heavy atom. The molecule has 134 valence electrons. The van der Waals surface area contributed by atoms with Crippen LogP contribution in [0.1, 0.15) is 39.2 Å². The monoisotopic (exact) mass is 339 g/mol. The van der Waals surface area contributed by atoms with Crippen LogP contribution in [0.4, 0.5) is 0 Å². The molecular formula is C21H29N3O. The second kappa shape index (κ2) is 7.52. The average Bonchev–Trinajstić information content (AvgIpc) is 2.59. The van der Waals surface area contributed by atoms with Crippen LogP contribution in [-0.2, 0) is 11.3 Å². The van der Waals surface area contributed by atoms with Gasteiger partial charge in [0, 0.05) is 36.6 Å². The highest BCUT2D eigenvalue weighted by molar-refractivity contribution is 5.82. The molecule has 1 atom stereocenters. The number of carbonyl (C=O) groups is 1. The van der Waals surface area contributed by atoms with Gasteiger partial charge in [-0.05, 0) is 43.0 Å². The molecule has 0 bridgehead atoms. The van der Waals surface area contributed by atoms with Crippen molar-refractivity contribution < 1.29 is 4.79 Å². The summed E-state index contributed by atoms with van der Waals surface area (Å²) in [7, 11) is 0. The number of nitrogens with one attached hydrogen (secondary N) is 1. The summed E-state index contributed by atoms with van der Waals surface area (Å²) >= 11 is 0. The fraction of sp³-hybridized carbons (Fsp3) is 0.524. The van der Waals surface area contributed by atoms with Gasteiger partial charge in [-0.3, -0.25) is 14.7 Å². The van der Waals surface area contributed by atoms with E-state index in [-0.39, 0.29) is 11.3 Å². The third-order valence-electron chi connectivity index (χ3n) is 4.97. The van der Waals surface area contributed by atoms with Crippen molar-refractivity contribution in [2.24, 2.45) is 11.3 Å². The Labute approximate surface area is 150 Å². The van der Waals surface area contributed by atoms with Crippen LogP contribution in [-0.4, -0.2) is 35.4 Å². The first-order chi connectivity index (χ1) is 11.9. The second-order valence-corrected chi connectivity index (χ2v) is 8.19. The molecule has 2 aromatic rings. The van der Waals surface area contributed by atoms with Crippen LogP contribution in [0, 0.1) is 11.3 Å². The van der Waals surface area contributed by atoms with Crippen molar-refractivity contribution in [1.29, 1.82) is 0 Å². The van der Waals surface area contributed by atoms with Crippen LogP contribution in [0.5, 0.6) is 0 Å². The van der Waals surface area contributed by atoms with E-state index < -0.39 is 0 Å². The molecule has 0 saturated carbocycles. The first-order valence-corrected chi connectivity index (χ1v) is 9.27. The fourth-order valence-electron chi connectivity index (χ4n) is 3.50. The summed E-state index contributed by atoms with van der Waals surface area (Å²) < 4.78 is 0. The summed E-state index contributed by atoms with van der Waals surface area (Å²) in [4.78, 5) is 19.1. The summed E-state index contributed by atoms with van der Waals surface area (Å²) in [6, 6.07) is 10.5. The third kappa shape index (κ3) is 4.57. The number of likely N-dealkylation sites (tertiary alicyclic amines) is 1. The normalized spacial score (nSPS) is 19.1. The predicted molar refractivity (Wildman–Crippen MR) is 102 cm³/mol. The molecule has 1 aliphatic heterocycles. The molecule has 1 N–H and O–H groups in total. The Balaban J connectivity index is 1.61. The SMILES string of the molecule is CC(C)(C)C(=O)NC[C@H]1CCCN(Cc2ccnc3ccccc23)C1. The zero-order valence-electron chi connectivity index (χ0n) is 15.6. The number of amides is 1. The van der Waals surface area contributed by atoms with Crippen molar-refractivity contribution >= 4 is 16.8 Å². The first-order valence-electron chi connectivity index (χ1n) is 9.27. The molecule has 1 fully saturated rings. The maximum absolute atomic E-state index is 12.1. The molecule has 0 spiro atoms. The second-order valence-electron chi connectivity index (χ2n) is 8.19. The number of aromatic nitrogens is 1. The highest BCUT2D eigenvalue weighted by Crippen LogP contribution is 2.22. The van der Waals surface area contributed by atoms with E-state index in [4.69, 9.17) is 0 Å². The molecule has 0 unspecified atom stereocenters. The molecular weight excluding hydrogens is 310 g/mol. The van der Waals surface area contributed by atoms with Crippen molar-refractivity contribution in [3.63, 3.8) is 0 Å². The number of pyridine rings is 1. The molecule has 1 aliphatic rings. The molecule has 1 aromatic carbocycles. The Bertz CT molecular complexity index is 730. The molecule has 3 rings (SSSR count). The standard InChI is InChI=1S/C21H29N3O/c1-21(2,3)20(25)23-13-16-7-6-12-24(14-16)15-17-10-11-22-19-9-5-4-8-18(17)19/h4-5,8-11,16H,6-7,12-15H2,1-3H3,(H,23,25)/t16-/m1/s1. The lowest BCUT2D eigenvalue weighted by Gasteiger charge is -2.33. The van der Waals surface area contributed by atoms with Crippen molar-refractivity contribution in [3.05, 3.63) is 42.1 Å². The minimum Gasteiger partial charge on any atom is -0.355 e. The van der Waals surface area contributed by atoms with E-state index in [0.717, 1.165) is 31.7 Å². The minimum absolute atomic E-state index is 0.143. The molecule has 25 heavy (non-hydrogen) atoms. The van der Waals surface area contributed by atoms with Crippen LogP contribution in [0.2, 0.25) is 0 Å². The summed E-state index contributed by atoms with van der Waals surface area (Å²) in [5.41, 5.74) is 2.08. The van der Waals surface area contributed by atoms with Gasteiger partial charge in [-0.2, -0.15) is 0 Å². The van der Waals surface area contributed by atoms with E-state index in [1.165, 1.54) is 23.8 Å². The number of hydrogen-bond acceptors (Lipinski definition) is 3. The molecule has 4 nitrogen and oxygen atoms in total. The van der Waals surface area contributed by atoms with Crippen molar-refractivity contribution in [2.45, 2.75) is 40.2 Å². The number of nitrogens with zero attached hydrogens (tertiary/aromatic N) is 2. The number of para-hydroxylation sites is 1. The third-order valence-corrected chi connectivity index (χ3v) is 4.97. The van der Waals surface area contributed by atoms with Gasteiger partial charge in [-0.25, -0.2) is 0 Å². The molecule has 0 aliphatic carbocycles. The van der Waals surface area contributed by atoms with Gasteiger partial charge in [0.25, 0.3) is 0 Å². The maximum atomic E-state index is 12.1. The number of hydrogen-bond donors (Lipinski definition) is 1. The van der Waals surface area contributed by atoms with Crippen LogP contribution in [0.15, 0.2) is 36.5 Å². The quantitative estimate of drug-likeness (QED) is 0.925. The Kier molecular flexibility index (Phi) is 5.38. The highest BCUT2D eigenvalue weighted by Gasteiger charge is 2.24.